The third-order valence-corrected chi connectivity index (χ3v) is 3.43. The van der Waals surface area contributed by atoms with Crippen LogP contribution in [0, 0.1) is 5.92 Å². The number of nitrogens with two attached hydrogens (primary N) is 1. The minimum Gasteiger partial charge on any atom is -0.370 e. The summed E-state index contributed by atoms with van der Waals surface area (Å²) in [7, 11) is 0. The Bertz CT molecular complexity index is 421. The van der Waals surface area contributed by atoms with E-state index in [4.69, 9.17) is 5.73 Å². The van der Waals surface area contributed by atoms with Gasteiger partial charge >= 0.3 is 0 Å². The van der Waals surface area contributed by atoms with E-state index in [0.29, 0.717) is 18.4 Å². The number of likely N-dealkylation sites (tertiary alicyclic amines) is 1. The molecule has 0 bridgehead atoms. The highest BCUT2D eigenvalue weighted by Gasteiger charge is 2.12. The first kappa shape index (κ1) is 17.3. The predicted octanol–water partition coefficient (Wildman–Crippen LogP) is 2.46. The van der Waals surface area contributed by atoms with Crippen LogP contribution in [0.5, 0.6) is 0 Å². The van der Waals surface area contributed by atoms with Crippen molar-refractivity contribution in [2.24, 2.45) is 16.6 Å². The maximum atomic E-state index is 6.06. The van der Waals surface area contributed by atoms with Crippen molar-refractivity contribution in [2.75, 3.05) is 13.1 Å². The van der Waals surface area contributed by atoms with Gasteiger partial charge in [-0.05, 0) is 25.2 Å². The highest BCUT2D eigenvalue weighted by molar-refractivity contribution is 14.0. The first-order valence-electron chi connectivity index (χ1n) is 7.21. The molecule has 20 heavy (non-hydrogen) atoms. The fourth-order valence-electron chi connectivity index (χ4n) is 2.43. The van der Waals surface area contributed by atoms with Gasteiger partial charge in [0, 0.05) is 32.0 Å². The van der Waals surface area contributed by atoms with Crippen molar-refractivity contribution in [3.8, 4) is 0 Å². The molecule has 1 saturated heterocycles. The molecule has 0 aliphatic carbocycles. The summed E-state index contributed by atoms with van der Waals surface area (Å²) in [6.07, 6.45) is 7.60. The summed E-state index contributed by atoms with van der Waals surface area (Å²) in [5.74, 6) is 2.27. The number of hydrogen-bond acceptors (Lipinski definition) is 2. The van der Waals surface area contributed by atoms with Gasteiger partial charge in [-0.3, -0.25) is 0 Å². The third-order valence-electron chi connectivity index (χ3n) is 3.43. The van der Waals surface area contributed by atoms with Gasteiger partial charge in [0.25, 0.3) is 0 Å². The second-order valence-electron chi connectivity index (χ2n) is 5.61. The molecule has 0 atom stereocenters. The van der Waals surface area contributed by atoms with Crippen LogP contribution in [0.15, 0.2) is 17.4 Å². The van der Waals surface area contributed by atoms with Crippen molar-refractivity contribution in [2.45, 2.75) is 46.2 Å². The number of hydrogen-bond donors (Lipinski definition) is 1. The first-order valence-corrected chi connectivity index (χ1v) is 7.21. The van der Waals surface area contributed by atoms with E-state index >= 15 is 0 Å². The Morgan fingerprint density at radius 3 is 2.70 bits per heavy atom. The van der Waals surface area contributed by atoms with Crippen molar-refractivity contribution < 1.29 is 0 Å². The van der Waals surface area contributed by atoms with E-state index in [9.17, 15) is 0 Å². The zero-order chi connectivity index (χ0) is 13.7. The van der Waals surface area contributed by atoms with E-state index < -0.39 is 0 Å². The molecule has 0 spiro atoms. The zero-order valence-corrected chi connectivity index (χ0v) is 14.8. The molecule has 0 unspecified atom stereocenters. The van der Waals surface area contributed by atoms with Crippen molar-refractivity contribution in [3.05, 3.63) is 18.2 Å². The molecule has 6 heteroatoms. The normalized spacial score (nSPS) is 16.4. The molecule has 0 saturated carbocycles. The molecule has 1 aromatic heterocycles. The van der Waals surface area contributed by atoms with E-state index in [0.717, 1.165) is 25.5 Å². The van der Waals surface area contributed by atoms with Crippen molar-refractivity contribution in [1.82, 2.24) is 14.5 Å². The lowest BCUT2D eigenvalue weighted by Crippen LogP contribution is -2.40. The number of nitrogens with zero attached hydrogens (tertiary/aromatic N) is 4. The van der Waals surface area contributed by atoms with Gasteiger partial charge in [-0.1, -0.05) is 13.8 Å². The Morgan fingerprint density at radius 2 is 2.05 bits per heavy atom. The van der Waals surface area contributed by atoms with E-state index in [-0.39, 0.29) is 24.0 Å². The lowest BCUT2D eigenvalue weighted by atomic mass is 10.1. The summed E-state index contributed by atoms with van der Waals surface area (Å²) >= 11 is 0. The number of halogens is 1. The second kappa shape index (κ2) is 8.49. The molecule has 1 aromatic rings. The lowest BCUT2D eigenvalue weighted by molar-refractivity contribution is 0.338. The predicted molar refractivity (Wildman–Crippen MR) is 93.2 cm³/mol. The molecule has 0 aromatic carbocycles. The zero-order valence-electron chi connectivity index (χ0n) is 12.5. The van der Waals surface area contributed by atoms with Gasteiger partial charge in [0.15, 0.2) is 5.96 Å². The van der Waals surface area contributed by atoms with Gasteiger partial charge in [0.2, 0.25) is 0 Å². The summed E-state index contributed by atoms with van der Waals surface area (Å²) in [5, 5.41) is 0. The van der Waals surface area contributed by atoms with Gasteiger partial charge in [0.05, 0.1) is 0 Å². The smallest absolute Gasteiger partial charge is 0.191 e. The Labute approximate surface area is 138 Å². The average molecular weight is 391 g/mol. The van der Waals surface area contributed by atoms with Gasteiger partial charge in [-0.2, -0.15) is 0 Å². The van der Waals surface area contributed by atoms with Gasteiger partial charge in [-0.15, -0.1) is 24.0 Å². The van der Waals surface area contributed by atoms with Gasteiger partial charge in [-0.25, -0.2) is 9.98 Å². The van der Waals surface area contributed by atoms with Crippen molar-refractivity contribution in [1.29, 1.82) is 0 Å². The Balaban J connectivity index is 0.00000200. The summed E-state index contributed by atoms with van der Waals surface area (Å²) in [5.41, 5.74) is 6.06. The monoisotopic (exact) mass is 391 g/mol. The molecule has 0 radical (unpaired) electrons. The quantitative estimate of drug-likeness (QED) is 0.487. The van der Waals surface area contributed by atoms with Crippen LogP contribution in [0.2, 0.25) is 0 Å². The molecule has 5 nitrogen and oxygen atoms in total. The Kier molecular flexibility index (Phi) is 7.32. The second-order valence-corrected chi connectivity index (χ2v) is 5.61. The summed E-state index contributed by atoms with van der Waals surface area (Å²) < 4.78 is 2.16. The maximum absolute atomic E-state index is 6.06. The number of imidazole rings is 1. The molecule has 2 heterocycles. The molecular formula is C14H26IN5. The fourth-order valence-corrected chi connectivity index (χ4v) is 2.43. The lowest BCUT2D eigenvalue weighted by Gasteiger charge is -2.27. The molecule has 1 fully saturated rings. The van der Waals surface area contributed by atoms with E-state index in [1.165, 1.54) is 19.3 Å². The number of piperidine rings is 1. The van der Waals surface area contributed by atoms with Crippen LogP contribution in [0.25, 0.3) is 0 Å². The Hall–Kier alpha value is -0.790. The Morgan fingerprint density at radius 1 is 1.35 bits per heavy atom. The maximum Gasteiger partial charge on any atom is 0.191 e. The van der Waals surface area contributed by atoms with Crippen LogP contribution in [0.4, 0.5) is 0 Å². The molecule has 2 N–H and O–H groups in total. The van der Waals surface area contributed by atoms with Crippen molar-refractivity contribution >= 4 is 29.9 Å². The molecule has 2 rings (SSSR count). The van der Waals surface area contributed by atoms with E-state index in [1.54, 1.807) is 0 Å². The fraction of sp³-hybridized carbons (Fsp3) is 0.714. The van der Waals surface area contributed by atoms with Crippen LogP contribution < -0.4 is 5.73 Å². The summed E-state index contributed by atoms with van der Waals surface area (Å²) in [6.45, 7) is 8.03. The number of rotatable bonds is 4. The molecule has 1 aliphatic heterocycles. The summed E-state index contributed by atoms with van der Waals surface area (Å²) in [6, 6.07) is 0. The van der Waals surface area contributed by atoms with Gasteiger partial charge < -0.3 is 15.2 Å². The first-order chi connectivity index (χ1) is 9.16. The largest absolute Gasteiger partial charge is 0.370 e. The van der Waals surface area contributed by atoms with Crippen LogP contribution >= 0.6 is 24.0 Å². The number of guanidine groups is 1. The van der Waals surface area contributed by atoms with Gasteiger partial charge in [0.1, 0.15) is 12.4 Å². The van der Waals surface area contributed by atoms with E-state index in [1.807, 2.05) is 12.4 Å². The average Bonchev–Trinajstić information content (AvgIpc) is 2.83. The summed E-state index contributed by atoms with van der Waals surface area (Å²) in [4.78, 5) is 11.0. The van der Waals surface area contributed by atoms with Crippen LogP contribution in [0.1, 0.15) is 38.9 Å². The SMILES string of the molecule is CC(C)Cn1ccnc1CN=C(N)N1CCCCC1.I. The highest BCUT2D eigenvalue weighted by Crippen LogP contribution is 2.09. The minimum absolute atomic E-state index is 0. The number of aromatic nitrogens is 2. The molecular weight excluding hydrogens is 365 g/mol. The molecule has 1 aliphatic rings. The standard InChI is InChI=1S/C14H25N5.HI/c1-12(2)11-19-9-6-16-13(19)10-17-14(15)18-7-4-3-5-8-18;/h6,9,12H,3-5,7-8,10-11H2,1-2H3,(H2,15,17);1H. The van der Waals surface area contributed by atoms with Crippen LogP contribution in [-0.2, 0) is 13.1 Å². The van der Waals surface area contributed by atoms with Crippen LogP contribution in [-0.4, -0.2) is 33.5 Å². The third kappa shape index (κ3) is 4.96. The molecule has 0 amide bonds. The van der Waals surface area contributed by atoms with Crippen molar-refractivity contribution in [3.63, 3.8) is 0 Å². The topological polar surface area (TPSA) is 59.4 Å². The van der Waals surface area contributed by atoms with E-state index in [2.05, 4.69) is 33.3 Å². The molecule has 114 valence electrons. The highest BCUT2D eigenvalue weighted by atomic mass is 127. The number of aliphatic imine (C=N–C) groups is 1. The van der Waals surface area contributed by atoms with Crippen LogP contribution in [0.3, 0.4) is 0 Å². The minimum atomic E-state index is 0.